The van der Waals surface area contributed by atoms with Crippen LogP contribution in [0.2, 0.25) is 0 Å². The molecule has 2 aromatic carbocycles. The SMILES string of the molecule is COc1ccc(S(=O)(=O)N(CC(=O)NC(C)C23CC4CC(CC(C4)C2)C3)Cc2ccccc2)cc1. The zero-order valence-corrected chi connectivity index (χ0v) is 21.5. The number of rotatable bonds is 9. The minimum absolute atomic E-state index is 0.0469. The summed E-state index contributed by atoms with van der Waals surface area (Å²) in [6.45, 7) is 2.05. The zero-order chi connectivity index (χ0) is 24.6. The van der Waals surface area contributed by atoms with Crippen molar-refractivity contribution in [2.45, 2.75) is 62.9 Å². The van der Waals surface area contributed by atoms with Gasteiger partial charge in [-0.3, -0.25) is 4.79 Å². The third kappa shape index (κ3) is 4.98. The summed E-state index contributed by atoms with van der Waals surface area (Å²) >= 11 is 0. The minimum Gasteiger partial charge on any atom is -0.497 e. The molecule has 0 aromatic heterocycles. The number of amides is 1. The van der Waals surface area contributed by atoms with Gasteiger partial charge >= 0.3 is 0 Å². The molecule has 1 N–H and O–H groups in total. The van der Waals surface area contributed by atoms with E-state index in [0.29, 0.717) is 5.75 Å². The number of sulfonamides is 1. The molecule has 6 rings (SSSR count). The topological polar surface area (TPSA) is 75.7 Å². The number of benzene rings is 2. The lowest BCUT2D eigenvalue weighted by Gasteiger charge is -2.59. The molecule has 4 fully saturated rings. The Morgan fingerprint density at radius 2 is 1.57 bits per heavy atom. The van der Waals surface area contributed by atoms with Gasteiger partial charge in [-0.2, -0.15) is 4.31 Å². The average molecular weight is 497 g/mol. The van der Waals surface area contributed by atoms with Crippen LogP contribution in [0.4, 0.5) is 0 Å². The van der Waals surface area contributed by atoms with E-state index in [2.05, 4.69) is 12.2 Å². The van der Waals surface area contributed by atoms with Crippen molar-refractivity contribution >= 4 is 15.9 Å². The number of nitrogens with zero attached hydrogens (tertiary/aromatic N) is 1. The van der Waals surface area contributed by atoms with Gasteiger partial charge in [0.05, 0.1) is 18.6 Å². The Morgan fingerprint density at radius 3 is 2.11 bits per heavy atom. The molecule has 0 radical (unpaired) electrons. The predicted octanol–water partition coefficient (Wildman–Crippen LogP) is 4.61. The number of hydrogen-bond donors (Lipinski definition) is 1. The van der Waals surface area contributed by atoms with Gasteiger partial charge < -0.3 is 10.1 Å². The van der Waals surface area contributed by atoms with Crippen LogP contribution in [0, 0.1) is 23.2 Å². The summed E-state index contributed by atoms with van der Waals surface area (Å²) in [4.78, 5) is 13.4. The Morgan fingerprint density at radius 1 is 1.00 bits per heavy atom. The summed E-state index contributed by atoms with van der Waals surface area (Å²) < 4.78 is 33.6. The first kappa shape index (κ1) is 24.3. The highest BCUT2D eigenvalue weighted by molar-refractivity contribution is 7.89. The monoisotopic (exact) mass is 496 g/mol. The Bertz CT molecular complexity index is 1110. The van der Waals surface area contributed by atoms with Gasteiger partial charge in [-0.05, 0) is 98.4 Å². The fourth-order valence-corrected chi connectivity index (χ4v) is 8.60. The van der Waals surface area contributed by atoms with Crippen molar-refractivity contribution in [3.05, 3.63) is 60.2 Å². The molecule has 4 bridgehead atoms. The van der Waals surface area contributed by atoms with Crippen molar-refractivity contribution in [1.82, 2.24) is 9.62 Å². The van der Waals surface area contributed by atoms with E-state index in [-0.39, 0.29) is 35.3 Å². The van der Waals surface area contributed by atoms with Crippen molar-refractivity contribution in [3.8, 4) is 5.75 Å². The highest BCUT2D eigenvalue weighted by Gasteiger charge is 2.53. The predicted molar refractivity (Wildman–Crippen MR) is 135 cm³/mol. The highest BCUT2D eigenvalue weighted by Crippen LogP contribution is 2.61. The lowest BCUT2D eigenvalue weighted by molar-refractivity contribution is -0.126. The molecule has 0 saturated heterocycles. The Labute approximate surface area is 209 Å². The standard InChI is InChI=1S/C28H36N2O4S/c1-20(28-15-22-12-23(16-28)14-24(13-22)17-28)29-27(31)19-30(18-21-6-4-3-5-7-21)35(32,33)26-10-8-25(34-2)9-11-26/h3-11,20,22-24H,12-19H2,1-2H3,(H,29,31). The Kier molecular flexibility index (Phi) is 6.66. The van der Waals surface area contributed by atoms with Crippen molar-refractivity contribution in [2.75, 3.05) is 13.7 Å². The van der Waals surface area contributed by atoms with Crippen LogP contribution in [-0.4, -0.2) is 38.3 Å². The van der Waals surface area contributed by atoms with Crippen LogP contribution < -0.4 is 10.1 Å². The molecule has 7 heteroatoms. The summed E-state index contributed by atoms with van der Waals surface area (Å²) in [7, 11) is -2.34. The lowest BCUT2D eigenvalue weighted by atomic mass is 9.48. The van der Waals surface area contributed by atoms with Gasteiger partial charge in [-0.1, -0.05) is 30.3 Å². The number of nitrogens with one attached hydrogen (secondary N) is 1. The molecule has 4 saturated carbocycles. The molecule has 2 aromatic rings. The molecule has 1 amide bonds. The summed E-state index contributed by atoms with van der Waals surface area (Å²) in [5.74, 6) is 2.74. The average Bonchev–Trinajstić information content (AvgIpc) is 2.83. The molecule has 1 unspecified atom stereocenters. The van der Waals surface area contributed by atoms with Gasteiger partial charge in [0.15, 0.2) is 0 Å². The first-order valence-electron chi connectivity index (χ1n) is 12.7. The largest absolute Gasteiger partial charge is 0.497 e. The van der Waals surface area contributed by atoms with Crippen LogP contribution in [-0.2, 0) is 21.4 Å². The number of ether oxygens (including phenoxy) is 1. The quantitative estimate of drug-likeness (QED) is 0.550. The van der Waals surface area contributed by atoms with Crippen LogP contribution >= 0.6 is 0 Å². The third-order valence-electron chi connectivity index (χ3n) is 8.60. The van der Waals surface area contributed by atoms with E-state index in [9.17, 15) is 13.2 Å². The number of methoxy groups -OCH3 is 1. The lowest BCUT2D eigenvalue weighted by Crippen LogP contribution is -2.56. The van der Waals surface area contributed by atoms with E-state index in [1.807, 2.05) is 30.3 Å². The van der Waals surface area contributed by atoms with Crippen molar-refractivity contribution in [1.29, 1.82) is 0 Å². The molecular weight excluding hydrogens is 460 g/mol. The van der Waals surface area contributed by atoms with E-state index in [4.69, 9.17) is 4.74 Å². The van der Waals surface area contributed by atoms with Crippen LogP contribution in [0.25, 0.3) is 0 Å². The van der Waals surface area contributed by atoms with Crippen molar-refractivity contribution in [2.24, 2.45) is 23.2 Å². The zero-order valence-electron chi connectivity index (χ0n) is 20.7. The van der Waals surface area contributed by atoms with Gasteiger partial charge in [-0.25, -0.2) is 8.42 Å². The fraction of sp³-hybridized carbons (Fsp3) is 0.536. The highest BCUT2D eigenvalue weighted by atomic mass is 32.2. The summed E-state index contributed by atoms with van der Waals surface area (Å²) in [6.07, 6.45) is 7.63. The van der Waals surface area contributed by atoms with Crippen LogP contribution in [0.5, 0.6) is 5.75 Å². The van der Waals surface area contributed by atoms with E-state index in [1.165, 1.54) is 55.0 Å². The van der Waals surface area contributed by atoms with E-state index < -0.39 is 10.0 Å². The van der Waals surface area contributed by atoms with E-state index in [1.54, 1.807) is 19.2 Å². The number of carbonyl (C=O) groups is 1. The van der Waals surface area contributed by atoms with Gasteiger partial charge in [0.25, 0.3) is 0 Å². The number of hydrogen-bond acceptors (Lipinski definition) is 4. The third-order valence-corrected chi connectivity index (χ3v) is 10.4. The van der Waals surface area contributed by atoms with Crippen LogP contribution in [0.15, 0.2) is 59.5 Å². The molecule has 4 aliphatic carbocycles. The van der Waals surface area contributed by atoms with Crippen molar-refractivity contribution in [3.63, 3.8) is 0 Å². The second-order valence-corrected chi connectivity index (χ2v) is 12.9. The maximum atomic E-state index is 13.6. The van der Waals surface area contributed by atoms with E-state index >= 15 is 0 Å². The van der Waals surface area contributed by atoms with Gasteiger partial charge in [0.1, 0.15) is 5.75 Å². The molecular formula is C28H36N2O4S. The molecule has 4 aliphatic rings. The summed E-state index contributed by atoms with van der Waals surface area (Å²) in [5, 5.41) is 3.23. The molecule has 0 spiro atoms. The Balaban J connectivity index is 1.33. The molecule has 0 aliphatic heterocycles. The first-order valence-corrected chi connectivity index (χ1v) is 14.2. The molecule has 6 nitrogen and oxygen atoms in total. The first-order chi connectivity index (χ1) is 16.8. The van der Waals surface area contributed by atoms with Crippen molar-refractivity contribution < 1.29 is 17.9 Å². The van der Waals surface area contributed by atoms with Gasteiger partial charge in [-0.15, -0.1) is 0 Å². The van der Waals surface area contributed by atoms with Crippen LogP contribution in [0.1, 0.15) is 51.0 Å². The van der Waals surface area contributed by atoms with E-state index in [0.717, 1.165) is 23.3 Å². The molecule has 1 atom stereocenters. The van der Waals surface area contributed by atoms with Crippen LogP contribution in [0.3, 0.4) is 0 Å². The van der Waals surface area contributed by atoms with Gasteiger partial charge in [0.2, 0.25) is 15.9 Å². The molecule has 188 valence electrons. The maximum absolute atomic E-state index is 13.6. The molecule has 0 heterocycles. The molecule has 35 heavy (non-hydrogen) atoms. The Hall–Kier alpha value is -2.38. The van der Waals surface area contributed by atoms with Gasteiger partial charge in [0, 0.05) is 12.6 Å². The number of carbonyl (C=O) groups excluding carboxylic acids is 1. The maximum Gasteiger partial charge on any atom is 0.243 e. The second-order valence-electron chi connectivity index (χ2n) is 11.0. The smallest absolute Gasteiger partial charge is 0.243 e. The fourth-order valence-electron chi connectivity index (χ4n) is 7.22. The summed E-state index contributed by atoms with van der Waals surface area (Å²) in [5.41, 5.74) is 1.01. The summed E-state index contributed by atoms with van der Waals surface area (Å²) in [6, 6.07) is 15.8. The second kappa shape index (κ2) is 9.58. The minimum atomic E-state index is -3.88. The normalized spacial score (nSPS) is 28.1.